The van der Waals surface area contributed by atoms with Crippen LogP contribution < -0.4 is 16.0 Å². The molecule has 1 aromatic rings. The molecule has 0 aliphatic carbocycles. The number of carbonyl (C=O) groups excluding carboxylic acids is 1. The van der Waals surface area contributed by atoms with Gasteiger partial charge >= 0.3 is 6.09 Å². The molecule has 2 unspecified atom stereocenters. The van der Waals surface area contributed by atoms with Crippen molar-refractivity contribution in [3.8, 4) is 0 Å². The second-order valence-electron chi connectivity index (χ2n) is 7.76. The summed E-state index contributed by atoms with van der Waals surface area (Å²) < 4.78 is 5.34. The molecule has 7 nitrogen and oxygen atoms in total. The number of hydrogen-bond acceptors (Lipinski definition) is 4. The fourth-order valence-corrected chi connectivity index (χ4v) is 2.72. The van der Waals surface area contributed by atoms with E-state index in [4.69, 9.17) is 4.74 Å². The van der Waals surface area contributed by atoms with Gasteiger partial charge in [-0.15, -0.1) is 0 Å². The van der Waals surface area contributed by atoms with E-state index < -0.39 is 11.7 Å². The standard InChI is InChI=1S/C21H36N4O3/c1-6-10-18(25-20(27)28-21(2,3)4)14-24-19(22-5)23-13-17(15-26)16-11-8-7-9-12-16/h7-9,11-12,17-18,26H,6,10,13-15H2,1-5H3,(H,25,27)(H2,22,23,24). The summed E-state index contributed by atoms with van der Waals surface area (Å²) in [5.41, 5.74) is 0.547. The van der Waals surface area contributed by atoms with Gasteiger partial charge in [0.2, 0.25) is 0 Å². The van der Waals surface area contributed by atoms with Crippen LogP contribution in [0.2, 0.25) is 0 Å². The van der Waals surface area contributed by atoms with Crippen LogP contribution in [0.25, 0.3) is 0 Å². The highest BCUT2D eigenvalue weighted by Crippen LogP contribution is 2.13. The number of nitrogens with zero attached hydrogens (tertiary/aromatic N) is 1. The maximum atomic E-state index is 12.0. The highest BCUT2D eigenvalue weighted by atomic mass is 16.6. The van der Waals surface area contributed by atoms with Crippen molar-refractivity contribution in [3.05, 3.63) is 35.9 Å². The largest absolute Gasteiger partial charge is 0.444 e. The van der Waals surface area contributed by atoms with Crippen LogP contribution >= 0.6 is 0 Å². The molecule has 4 N–H and O–H groups in total. The second-order valence-corrected chi connectivity index (χ2v) is 7.76. The van der Waals surface area contributed by atoms with Gasteiger partial charge in [0.15, 0.2) is 5.96 Å². The third kappa shape index (κ3) is 9.60. The molecule has 0 fully saturated rings. The number of aliphatic imine (C=N–C) groups is 1. The third-order valence-corrected chi connectivity index (χ3v) is 4.10. The monoisotopic (exact) mass is 392 g/mol. The van der Waals surface area contributed by atoms with Crippen LogP contribution in [0.15, 0.2) is 35.3 Å². The maximum Gasteiger partial charge on any atom is 0.407 e. The van der Waals surface area contributed by atoms with Crippen molar-refractivity contribution in [1.29, 1.82) is 0 Å². The minimum Gasteiger partial charge on any atom is -0.444 e. The number of guanidine groups is 1. The zero-order chi connectivity index (χ0) is 21.0. The van der Waals surface area contributed by atoms with Crippen molar-refractivity contribution in [2.75, 3.05) is 26.7 Å². The molecule has 0 heterocycles. The lowest BCUT2D eigenvalue weighted by Gasteiger charge is -2.24. The first-order chi connectivity index (χ1) is 13.3. The Bertz CT molecular complexity index is 599. The summed E-state index contributed by atoms with van der Waals surface area (Å²) in [6.07, 6.45) is 1.35. The van der Waals surface area contributed by atoms with Crippen molar-refractivity contribution < 1.29 is 14.6 Å². The summed E-state index contributed by atoms with van der Waals surface area (Å²) in [7, 11) is 1.70. The van der Waals surface area contributed by atoms with Gasteiger partial charge < -0.3 is 25.8 Å². The number of carbonyl (C=O) groups is 1. The number of nitrogens with one attached hydrogen (secondary N) is 3. The quantitative estimate of drug-likeness (QED) is 0.383. The maximum absolute atomic E-state index is 12.0. The molecule has 0 aliphatic rings. The second kappa shape index (κ2) is 12.2. The lowest BCUT2D eigenvalue weighted by molar-refractivity contribution is 0.0502. The van der Waals surface area contributed by atoms with Crippen molar-refractivity contribution in [2.24, 2.45) is 4.99 Å². The Kier molecular flexibility index (Phi) is 10.4. The Labute approximate surface area is 169 Å². The summed E-state index contributed by atoms with van der Waals surface area (Å²) in [6.45, 7) is 8.73. The number of alkyl carbamates (subject to hydrolysis) is 1. The lowest BCUT2D eigenvalue weighted by Crippen LogP contribution is -2.48. The van der Waals surface area contributed by atoms with Gasteiger partial charge in [-0.2, -0.15) is 0 Å². The van der Waals surface area contributed by atoms with Gasteiger partial charge in [-0.1, -0.05) is 43.7 Å². The van der Waals surface area contributed by atoms with Crippen molar-refractivity contribution in [3.63, 3.8) is 0 Å². The van der Waals surface area contributed by atoms with Gasteiger partial charge in [-0.3, -0.25) is 4.99 Å². The number of aliphatic hydroxyl groups excluding tert-OH is 1. The van der Waals surface area contributed by atoms with Gasteiger partial charge in [-0.25, -0.2) is 4.79 Å². The number of ether oxygens (including phenoxy) is 1. The van der Waals surface area contributed by atoms with E-state index in [0.717, 1.165) is 18.4 Å². The van der Waals surface area contributed by atoms with Gasteiger partial charge in [0.1, 0.15) is 5.60 Å². The number of rotatable bonds is 9. The summed E-state index contributed by atoms with van der Waals surface area (Å²) in [6, 6.07) is 9.81. The fraction of sp³-hybridized carbons (Fsp3) is 0.619. The number of benzene rings is 1. The number of hydrogen-bond donors (Lipinski definition) is 4. The van der Waals surface area contributed by atoms with Crippen molar-refractivity contribution in [1.82, 2.24) is 16.0 Å². The molecule has 0 aliphatic heterocycles. The van der Waals surface area contributed by atoms with Gasteiger partial charge in [-0.05, 0) is 32.8 Å². The Balaban J connectivity index is 2.54. The highest BCUT2D eigenvalue weighted by molar-refractivity contribution is 5.79. The van der Waals surface area contributed by atoms with E-state index in [1.54, 1.807) is 7.05 Å². The fourth-order valence-electron chi connectivity index (χ4n) is 2.72. The van der Waals surface area contributed by atoms with Gasteiger partial charge in [0.25, 0.3) is 0 Å². The smallest absolute Gasteiger partial charge is 0.407 e. The topological polar surface area (TPSA) is 95.0 Å². The molecule has 1 rings (SSSR count). The van der Waals surface area contributed by atoms with Crippen molar-refractivity contribution >= 4 is 12.1 Å². The zero-order valence-corrected chi connectivity index (χ0v) is 17.8. The minimum atomic E-state index is -0.525. The molecule has 1 aromatic carbocycles. The summed E-state index contributed by atoms with van der Waals surface area (Å²) >= 11 is 0. The molecule has 0 radical (unpaired) electrons. The Morgan fingerprint density at radius 2 is 1.82 bits per heavy atom. The normalized spacial score (nSPS) is 14.1. The molecule has 0 saturated carbocycles. The molecule has 0 spiro atoms. The van der Waals surface area contributed by atoms with Gasteiger partial charge in [0.05, 0.1) is 6.61 Å². The minimum absolute atomic E-state index is 0.0222. The number of aliphatic hydroxyl groups is 1. The van der Waals surface area contributed by atoms with E-state index in [1.807, 2.05) is 51.1 Å². The van der Waals surface area contributed by atoms with Crippen LogP contribution in [0.5, 0.6) is 0 Å². The summed E-state index contributed by atoms with van der Waals surface area (Å²) in [4.78, 5) is 16.3. The van der Waals surface area contributed by atoms with E-state index in [2.05, 4.69) is 27.9 Å². The van der Waals surface area contributed by atoms with E-state index in [0.29, 0.717) is 19.0 Å². The van der Waals surface area contributed by atoms with Crippen molar-refractivity contribution in [2.45, 2.75) is 58.1 Å². The Hall–Kier alpha value is -2.28. The van der Waals surface area contributed by atoms with Crippen LogP contribution in [0, 0.1) is 0 Å². The molecule has 0 saturated heterocycles. The Morgan fingerprint density at radius 3 is 2.36 bits per heavy atom. The molecule has 2 atom stereocenters. The van der Waals surface area contributed by atoms with Crippen LogP contribution in [-0.4, -0.2) is 55.5 Å². The molecule has 7 heteroatoms. The van der Waals surface area contributed by atoms with Gasteiger partial charge in [0, 0.05) is 32.1 Å². The molecule has 1 amide bonds. The van der Waals surface area contributed by atoms with Crippen LogP contribution in [0.1, 0.15) is 52.0 Å². The summed E-state index contributed by atoms with van der Waals surface area (Å²) in [5, 5.41) is 19.1. The first kappa shape index (κ1) is 23.8. The van der Waals surface area contributed by atoms with E-state index in [9.17, 15) is 9.90 Å². The molecular formula is C21H36N4O3. The van der Waals surface area contributed by atoms with E-state index >= 15 is 0 Å². The average molecular weight is 393 g/mol. The third-order valence-electron chi connectivity index (χ3n) is 4.10. The zero-order valence-electron chi connectivity index (χ0n) is 17.8. The van der Waals surface area contributed by atoms with E-state index in [-0.39, 0.29) is 18.6 Å². The SMILES string of the molecule is CCCC(CNC(=NC)NCC(CO)c1ccccc1)NC(=O)OC(C)(C)C. The number of amides is 1. The first-order valence-electron chi connectivity index (χ1n) is 9.88. The van der Waals surface area contributed by atoms with Crippen LogP contribution in [-0.2, 0) is 4.74 Å². The Morgan fingerprint density at radius 1 is 1.18 bits per heavy atom. The summed E-state index contributed by atoms with van der Waals surface area (Å²) in [5.74, 6) is 0.604. The van der Waals surface area contributed by atoms with Crippen LogP contribution in [0.3, 0.4) is 0 Å². The average Bonchev–Trinajstić information content (AvgIpc) is 2.64. The molecule has 158 valence electrons. The predicted molar refractivity (Wildman–Crippen MR) is 114 cm³/mol. The highest BCUT2D eigenvalue weighted by Gasteiger charge is 2.19. The molecular weight excluding hydrogens is 356 g/mol. The van der Waals surface area contributed by atoms with E-state index in [1.165, 1.54) is 0 Å². The molecule has 28 heavy (non-hydrogen) atoms. The predicted octanol–water partition coefficient (Wildman–Crippen LogP) is 2.62. The molecule has 0 aromatic heterocycles. The lowest BCUT2D eigenvalue weighted by atomic mass is 10.0. The first-order valence-corrected chi connectivity index (χ1v) is 9.88. The van der Waals surface area contributed by atoms with Crippen LogP contribution in [0.4, 0.5) is 4.79 Å². The molecule has 0 bridgehead atoms.